The van der Waals surface area contributed by atoms with Crippen LogP contribution in [0.3, 0.4) is 0 Å². The van der Waals surface area contributed by atoms with Crippen molar-refractivity contribution in [1.82, 2.24) is 5.32 Å². The molecular formula is C14H17ClFNO3. The van der Waals surface area contributed by atoms with Crippen LogP contribution >= 0.6 is 11.6 Å². The predicted octanol–water partition coefficient (Wildman–Crippen LogP) is 2.28. The summed E-state index contributed by atoms with van der Waals surface area (Å²) in [4.78, 5) is 11.6. The molecule has 1 amide bonds. The molecule has 6 heteroatoms. The summed E-state index contributed by atoms with van der Waals surface area (Å²) < 4.78 is 18.0. The number of aliphatic hydroxyl groups is 1. The monoisotopic (exact) mass is 301 g/mol. The van der Waals surface area contributed by atoms with Gasteiger partial charge in [0.05, 0.1) is 10.6 Å². The van der Waals surface area contributed by atoms with Crippen molar-refractivity contribution in [2.45, 2.75) is 31.3 Å². The molecule has 0 heterocycles. The van der Waals surface area contributed by atoms with E-state index >= 15 is 0 Å². The maximum absolute atomic E-state index is 12.8. The molecule has 0 bridgehead atoms. The summed E-state index contributed by atoms with van der Waals surface area (Å²) in [5.74, 6) is -0.552. The Morgan fingerprint density at radius 2 is 2.15 bits per heavy atom. The lowest BCUT2D eigenvalue weighted by Gasteiger charge is -2.22. The van der Waals surface area contributed by atoms with Crippen molar-refractivity contribution in [2.75, 3.05) is 13.2 Å². The summed E-state index contributed by atoms with van der Waals surface area (Å²) in [6, 6.07) is 3.70. The van der Waals surface area contributed by atoms with Crippen LogP contribution in [0.5, 0.6) is 5.75 Å². The molecule has 1 aromatic rings. The maximum Gasteiger partial charge on any atom is 0.258 e. The first-order valence-electron chi connectivity index (χ1n) is 6.55. The topological polar surface area (TPSA) is 58.6 Å². The number of rotatable bonds is 5. The van der Waals surface area contributed by atoms with Crippen LogP contribution in [0.15, 0.2) is 18.2 Å². The van der Waals surface area contributed by atoms with Gasteiger partial charge in [0.25, 0.3) is 5.91 Å². The number of nitrogens with one attached hydrogen (secondary N) is 1. The first-order valence-corrected chi connectivity index (χ1v) is 6.93. The van der Waals surface area contributed by atoms with Crippen molar-refractivity contribution in [3.8, 4) is 5.75 Å². The van der Waals surface area contributed by atoms with Crippen molar-refractivity contribution in [1.29, 1.82) is 0 Å². The molecule has 0 saturated heterocycles. The molecule has 1 aliphatic carbocycles. The van der Waals surface area contributed by atoms with Gasteiger partial charge in [-0.15, -0.1) is 0 Å². The standard InChI is InChI=1S/C14H17ClFNO3/c15-11-7-10(16)3-4-12(11)20-8-13(18)17-9-14(19)5-1-2-6-14/h3-4,7,19H,1-2,5-6,8-9H2,(H,17,18). The van der Waals surface area contributed by atoms with Gasteiger partial charge in [0.2, 0.25) is 0 Å². The smallest absolute Gasteiger partial charge is 0.258 e. The van der Waals surface area contributed by atoms with E-state index in [0.29, 0.717) is 12.8 Å². The van der Waals surface area contributed by atoms with E-state index in [9.17, 15) is 14.3 Å². The second kappa shape index (κ2) is 6.41. The molecule has 0 spiro atoms. The zero-order valence-corrected chi connectivity index (χ0v) is 11.8. The zero-order chi connectivity index (χ0) is 14.6. The number of hydrogen-bond donors (Lipinski definition) is 2. The zero-order valence-electron chi connectivity index (χ0n) is 11.0. The third-order valence-electron chi connectivity index (χ3n) is 3.40. The van der Waals surface area contributed by atoms with Gasteiger partial charge in [-0.25, -0.2) is 4.39 Å². The Balaban J connectivity index is 1.77. The van der Waals surface area contributed by atoms with E-state index in [0.717, 1.165) is 18.9 Å². The van der Waals surface area contributed by atoms with Crippen LogP contribution in [0.4, 0.5) is 4.39 Å². The van der Waals surface area contributed by atoms with E-state index < -0.39 is 11.4 Å². The minimum atomic E-state index is -0.789. The fraction of sp³-hybridized carbons (Fsp3) is 0.500. The average molecular weight is 302 g/mol. The third-order valence-corrected chi connectivity index (χ3v) is 3.70. The first kappa shape index (κ1) is 15.1. The normalized spacial score (nSPS) is 16.9. The highest BCUT2D eigenvalue weighted by Gasteiger charge is 2.31. The number of carbonyl (C=O) groups is 1. The molecule has 2 N–H and O–H groups in total. The van der Waals surface area contributed by atoms with E-state index in [4.69, 9.17) is 16.3 Å². The highest BCUT2D eigenvalue weighted by molar-refractivity contribution is 6.32. The van der Waals surface area contributed by atoms with Crippen molar-refractivity contribution >= 4 is 17.5 Å². The van der Waals surface area contributed by atoms with Gasteiger partial charge in [0, 0.05) is 6.54 Å². The number of benzene rings is 1. The van der Waals surface area contributed by atoms with Crippen molar-refractivity contribution in [2.24, 2.45) is 0 Å². The van der Waals surface area contributed by atoms with Crippen LogP contribution in [0.1, 0.15) is 25.7 Å². The molecule has 0 aromatic heterocycles. The van der Waals surface area contributed by atoms with Crippen LogP contribution in [0.2, 0.25) is 5.02 Å². The molecule has 1 aliphatic rings. The highest BCUT2D eigenvalue weighted by Crippen LogP contribution is 2.28. The Morgan fingerprint density at radius 1 is 1.45 bits per heavy atom. The van der Waals surface area contributed by atoms with Gasteiger partial charge in [-0.3, -0.25) is 4.79 Å². The molecule has 0 aliphatic heterocycles. The maximum atomic E-state index is 12.8. The fourth-order valence-corrected chi connectivity index (χ4v) is 2.48. The molecule has 1 aromatic carbocycles. The largest absolute Gasteiger partial charge is 0.482 e. The van der Waals surface area contributed by atoms with Crippen LogP contribution in [-0.2, 0) is 4.79 Å². The van der Waals surface area contributed by atoms with E-state index in [2.05, 4.69) is 5.32 Å². The van der Waals surface area contributed by atoms with Gasteiger partial charge in [0.1, 0.15) is 11.6 Å². The average Bonchev–Trinajstić information content (AvgIpc) is 2.83. The summed E-state index contributed by atoms with van der Waals surface area (Å²) in [5, 5.41) is 12.8. The van der Waals surface area contributed by atoms with Crippen molar-refractivity contribution in [3.63, 3.8) is 0 Å². The Morgan fingerprint density at radius 3 is 2.80 bits per heavy atom. The second-order valence-corrected chi connectivity index (χ2v) is 5.48. The molecule has 0 radical (unpaired) electrons. The van der Waals surface area contributed by atoms with E-state index in [1.54, 1.807) is 0 Å². The van der Waals surface area contributed by atoms with Crippen molar-refractivity contribution in [3.05, 3.63) is 29.0 Å². The van der Waals surface area contributed by atoms with Gasteiger partial charge in [-0.1, -0.05) is 24.4 Å². The van der Waals surface area contributed by atoms with Gasteiger partial charge in [0.15, 0.2) is 6.61 Å². The fourth-order valence-electron chi connectivity index (χ4n) is 2.26. The van der Waals surface area contributed by atoms with Gasteiger partial charge < -0.3 is 15.2 Å². The second-order valence-electron chi connectivity index (χ2n) is 5.07. The molecule has 0 atom stereocenters. The Kier molecular flexibility index (Phi) is 4.83. The van der Waals surface area contributed by atoms with E-state index in [1.807, 2.05) is 0 Å². The highest BCUT2D eigenvalue weighted by atomic mass is 35.5. The Bertz CT molecular complexity index is 489. The number of hydrogen-bond acceptors (Lipinski definition) is 3. The number of ether oxygens (including phenoxy) is 1. The predicted molar refractivity (Wildman–Crippen MR) is 73.3 cm³/mol. The molecule has 1 saturated carbocycles. The lowest BCUT2D eigenvalue weighted by atomic mass is 10.0. The van der Waals surface area contributed by atoms with E-state index in [-0.39, 0.29) is 29.8 Å². The van der Waals surface area contributed by atoms with Crippen LogP contribution in [0, 0.1) is 5.82 Å². The van der Waals surface area contributed by atoms with E-state index in [1.165, 1.54) is 12.1 Å². The lowest BCUT2D eigenvalue weighted by Crippen LogP contribution is -2.42. The number of amides is 1. The molecule has 1 fully saturated rings. The first-order chi connectivity index (χ1) is 9.48. The summed E-state index contributed by atoms with van der Waals surface area (Å²) in [5.41, 5.74) is -0.789. The van der Waals surface area contributed by atoms with Crippen LogP contribution < -0.4 is 10.1 Å². The molecule has 0 unspecified atom stereocenters. The SMILES string of the molecule is O=C(COc1ccc(F)cc1Cl)NCC1(O)CCCC1. The summed E-state index contributed by atoms with van der Waals surface area (Å²) in [6.45, 7) is 0.00771. The molecule has 4 nitrogen and oxygen atoms in total. The van der Waals surface area contributed by atoms with Gasteiger partial charge >= 0.3 is 0 Å². The molecule has 110 valence electrons. The summed E-state index contributed by atoms with van der Waals surface area (Å²) >= 11 is 5.78. The van der Waals surface area contributed by atoms with Gasteiger partial charge in [-0.2, -0.15) is 0 Å². The molecule has 20 heavy (non-hydrogen) atoms. The number of halogens is 2. The Hall–Kier alpha value is -1.33. The molecule has 2 rings (SSSR count). The van der Waals surface area contributed by atoms with Crippen LogP contribution in [-0.4, -0.2) is 29.8 Å². The summed E-state index contributed by atoms with van der Waals surface area (Å²) in [6.07, 6.45) is 3.37. The minimum Gasteiger partial charge on any atom is -0.482 e. The van der Waals surface area contributed by atoms with Crippen LogP contribution in [0.25, 0.3) is 0 Å². The van der Waals surface area contributed by atoms with Crippen molar-refractivity contribution < 1.29 is 19.0 Å². The Labute approximate surface area is 121 Å². The lowest BCUT2D eigenvalue weighted by molar-refractivity contribution is -0.124. The third kappa shape index (κ3) is 4.08. The quantitative estimate of drug-likeness (QED) is 0.877. The number of carbonyl (C=O) groups excluding carboxylic acids is 1. The minimum absolute atomic E-state index is 0.118. The summed E-state index contributed by atoms with van der Waals surface area (Å²) in [7, 11) is 0. The molecular weight excluding hydrogens is 285 g/mol. The van der Waals surface area contributed by atoms with Gasteiger partial charge in [-0.05, 0) is 31.0 Å².